The Morgan fingerprint density at radius 2 is 2.04 bits per heavy atom. The number of aryl methyl sites for hydroxylation is 2. The van der Waals surface area contributed by atoms with E-state index in [4.69, 9.17) is 11.6 Å². The summed E-state index contributed by atoms with van der Waals surface area (Å²) in [6, 6.07) is 7.58. The molecule has 0 atom stereocenters. The number of hydrogen-bond donors (Lipinski definition) is 1. The maximum absolute atomic E-state index is 13.2. The fraction of sp³-hybridized carbons (Fsp3) is 0.118. The van der Waals surface area contributed by atoms with Crippen LogP contribution in [0.1, 0.15) is 21.7 Å². The summed E-state index contributed by atoms with van der Waals surface area (Å²) in [5, 5.41) is 7.34. The Morgan fingerprint density at radius 1 is 1.25 bits per heavy atom. The Balaban J connectivity index is 1.85. The number of nitrogens with zero attached hydrogens (tertiary/aromatic N) is 3. The number of aromatic nitrogens is 3. The van der Waals surface area contributed by atoms with Gasteiger partial charge in [-0.25, -0.2) is 9.07 Å². The summed E-state index contributed by atoms with van der Waals surface area (Å²) in [7, 11) is 0. The molecule has 0 aliphatic carbocycles. The molecule has 0 unspecified atom stereocenters. The van der Waals surface area contributed by atoms with Crippen LogP contribution in [0.15, 0.2) is 42.7 Å². The third-order valence-electron chi connectivity index (χ3n) is 3.54. The highest BCUT2D eigenvalue weighted by molar-refractivity contribution is 6.34. The van der Waals surface area contributed by atoms with Gasteiger partial charge in [0.1, 0.15) is 5.82 Å². The number of anilines is 1. The Hall–Kier alpha value is -2.73. The number of amides is 1. The third kappa shape index (κ3) is 3.14. The first-order valence-electron chi connectivity index (χ1n) is 7.20. The number of rotatable bonds is 3. The number of pyridine rings is 1. The quantitative estimate of drug-likeness (QED) is 0.783. The molecule has 122 valence electrons. The smallest absolute Gasteiger partial charge is 0.276 e. The highest BCUT2D eigenvalue weighted by Gasteiger charge is 2.14. The molecule has 0 spiro atoms. The lowest BCUT2D eigenvalue weighted by Gasteiger charge is -2.07. The Kier molecular flexibility index (Phi) is 4.31. The molecular weight excluding hydrogens is 331 g/mol. The molecule has 24 heavy (non-hydrogen) atoms. The molecule has 0 saturated carbocycles. The fourth-order valence-corrected chi connectivity index (χ4v) is 2.45. The second-order valence-corrected chi connectivity index (χ2v) is 5.67. The molecule has 0 fully saturated rings. The summed E-state index contributed by atoms with van der Waals surface area (Å²) < 4.78 is 14.7. The van der Waals surface area contributed by atoms with Crippen LogP contribution < -0.4 is 5.32 Å². The summed E-state index contributed by atoms with van der Waals surface area (Å²) in [6.45, 7) is 3.53. The summed E-state index contributed by atoms with van der Waals surface area (Å²) in [5.41, 5.74) is 2.75. The number of hydrogen-bond acceptors (Lipinski definition) is 3. The van der Waals surface area contributed by atoms with Crippen molar-refractivity contribution in [1.29, 1.82) is 0 Å². The molecule has 1 amide bonds. The van der Waals surface area contributed by atoms with Crippen molar-refractivity contribution < 1.29 is 9.18 Å². The predicted octanol–water partition coefficient (Wildman–Crippen LogP) is 3.93. The minimum absolute atomic E-state index is 0.226. The second kappa shape index (κ2) is 6.41. The second-order valence-electron chi connectivity index (χ2n) is 5.29. The van der Waals surface area contributed by atoms with Gasteiger partial charge in [-0.3, -0.25) is 9.78 Å². The van der Waals surface area contributed by atoms with Crippen molar-refractivity contribution in [3.63, 3.8) is 0 Å². The van der Waals surface area contributed by atoms with Crippen LogP contribution in [-0.2, 0) is 0 Å². The summed E-state index contributed by atoms with van der Waals surface area (Å²) in [4.78, 5) is 16.4. The van der Waals surface area contributed by atoms with E-state index >= 15 is 0 Å². The van der Waals surface area contributed by atoms with Gasteiger partial charge in [-0.2, -0.15) is 5.10 Å². The fourth-order valence-electron chi connectivity index (χ4n) is 2.29. The highest BCUT2D eigenvalue weighted by Crippen LogP contribution is 2.24. The van der Waals surface area contributed by atoms with Crippen molar-refractivity contribution in [3.05, 3.63) is 70.5 Å². The van der Waals surface area contributed by atoms with Gasteiger partial charge in [0, 0.05) is 12.4 Å². The number of carbonyl (C=O) groups excluding carboxylic acids is 1. The lowest BCUT2D eigenvalue weighted by atomic mass is 10.2. The predicted molar refractivity (Wildman–Crippen MR) is 90.2 cm³/mol. The molecule has 2 aromatic heterocycles. The molecule has 0 saturated heterocycles. The number of halogens is 2. The van der Waals surface area contributed by atoms with Crippen molar-refractivity contribution in [2.24, 2.45) is 0 Å². The van der Waals surface area contributed by atoms with E-state index in [9.17, 15) is 9.18 Å². The lowest BCUT2D eigenvalue weighted by molar-refractivity contribution is 0.102. The third-order valence-corrected chi connectivity index (χ3v) is 4.02. The molecular formula is C17H14ClFN4O. The molecule has 2 heterocycles. The topological polar surface area (TPSA) is 59.8 Å². The summed E-state index contributed by atoms with van der Waals surface area (Å²) in [6.07, 6.45) is 3.21. The number of benzene rings is 1. The average molecular weight is 345 g/mol. The zero-order valence-corrected chi connectivity index (χ0v) is 13.8. The molecule has 0 bridgehead atoms. The van der Waals surface area contributed by atoms with Crippen LogP contribution in [-0.4, -0.2) is 20.7 Å². The van der Waals surface area contributed by atoms with Gasteiger partial charge in [-0.1, -0.05) is 11.6 Å². The van der Waals surface area contributed by atoms with E-state index < -0.39 is 0 Å². The van der Waals surface area contributed by atoms with Gasteiger partial charge in [0.05, 0.1) is 22.1 Å². The zero-order valence-electron chi connectivity index (χ0n) is 13.0. The van der Waals surface area contributed by atoms with Crippen molar-refractivity contribution in [3.8, 4) is 5.69 Å². The van der Waals surface area contributed by atoms with Gasteiger partial charge in [-0.15, -0.1) is 0 Å². The van der Waals surface area contributed by atoms with Crippen molar-refractivity contribution in [2.75, 3.05) is 5.32 Å². The maximum Gasteiger partial charge on any atom is 0.276 e. The molecule has 3 rings (SSSR count). The van der Waals surface area contributed by atoms with Crippen LogP contribution in [0, 0.1) is 19.7 Å². The van der Waals surface area contributed by atoms with E-state index in [1.165, 1.54) is 16.8 Å². The average Bonchev–Trinajstić information content (AvgIpc) is 3.01. The van der Waals surface area contributed by atoms with Gasteiger partial charge in [0.15, 0.2) is 5.69 Å². The Labute approximate surface area is 143 Å². The Bertz CT molecular complexity index is 923. The van der Waals surface area contributed by atoms with E-state index in [1.54, 1.807) is 44.4 Å². The van der Waals surface area contributed by atoms with Gasteiger partial charge in [-0.05, 0) is 49.7 Å². The van der Waals surface area contributed by atoms with E-state index in [-0.39, 0.29) is 17.4 Å². The van der Waals surface area contributed by atoms with Crippen LogP contribution in [0.2, 0.25) is 5.02 Å². The van der Waals surface area contributed by atoms with Crippen molar-refractivity contribution in [2.45, 2.75) is 13.8 Å². The molecule has 3 aromatic rings. The van der Waals surface area contributed by atoms with Crippen LogP contribution in [0.25, 0.3) is 5.69 Å². The van der Waals surface area contributed by atoms with Crippen LogP contribution in [0.3, 0.4) is 0 Å². The minimum atomic E-state index is -0.388. The molecule has 1 N–H and O–H groups in total. The van der Waals surface area contributed by atoms with E-state index in [1.807, 2.05) is 0 Å². The van der Waals surface area contributed by atoms with Gasteiger partial charge >= 0.3 is 0 Å². The van der Waals surface area contributed by atoms with E-state index in [2.05, 4.69) is 15.4 Å². The molecule has 7 heteroatoms. The first kappa shape index (κ1) is 16.1. The maximum atomic E-state index is 13.2. The minimum Gasteiger partial charge on any atom is -0.319 e. The first-order chi connectivity index (χ1) is 11.5. The Morgan fingerprint density at radius 3 is 2.79 bits per heavy atom. The van der Waals surface area contributed by atoms with Gasteiger partial charge in [0.25, 0.3) is 5.91 Å². The lowest BCUT2D eigenvalue weighted by Crippen LogP contribution is -2.14. The van der Waals surface area contributed by atoms with Crippen molar-refractivity contribution >= 4 is 23.2 Å². The van der Waals surface area contributed by atoms with E-state index in [0.29, 0.717) is 22.1 Å². The first-order valence-corrected chi connectivity index (χ1v) is 7.58. The standard InChI is InChI=1S/C17H14ClFN4O/c1-10-9-12(19)3-4-15(10)23-8-6-14(22-23)17(24)21-13-5-7-20-11(2)16(13)18/h3-9H,1-2H3,(H,20,21,24). The highest BCUT2D eigenvalue weighted by atomic mass is 35.5. The number of carbonyl (C=O) groups is 1. The monoisotopic (exact) mass is 344 g/mol. The zero-order chi connectivity index (χ0) is 17.3. The van der Waals surface area contributed by atoms with E-state index in [0.717, 1.165) is 5.56 Å². The van der Waals surface area contributed by atoms with Crippen LogP contribution in [0.4, 0.5) is 10.1 Å². The number of nitrogens with one attached hydrogen (secondary N) is 1. The summed E-state index contributed by atoms with van der Waals surface area (Å²) in [5.74, 6) is -0.704. The molecule has 0 aliphatic rings. The van der Waals surface area contributed by atoms with Crippen LogP contribution in [0.5, 0.6) is 0 Å². The largest absolute Gasteiger partial charge is 0.319 e. The normalized spacial score (nSPS) is 10.7. The van der Waals surface area contributed by atoms with Crippen LogP contribution >= 0.6 is 11.6 Å². The molecule has 1 aromatic carbocycles. The van der Waals surface area contributed by atoms with Gasteiger partial charge < -0.3 is 5.32 Å². The molecule has 0 aliphatic heterocycles. The van der Waals surface area contributed by atoms with Crippen molar-refractivity contribution in [1.82, 2.24) is 14.8 Å². The summed E-state index contributed by atoms with van der Waals surface area (Å²) >= 11 is 6.12. The van der Waals surface area contributed by atoms with Gasteiger partial charge in [0.2, 0.25) is 0 Å². The SMILES string of the molecule is Cc1cc(F)ccc1-n1ccc(C(=O)Nc2ccnc(C)c2Cl)n1. The molecule has 0 radical (unpaired) electrons. The molecule has 5 nitrogen and oxygen atoms in total.